The number of amides is 1. The van der Waals surface area contributed by atoms with Gasteiger partial charge in [-0.05, 0) is 30.7 Å². The van der Waals surface area contributed by atoms with Crippen LogP contribution in [0.4, 0.5) is 0 Å². The third-order valence-corrected chi connectivity index (χ3v) is 4.96. The first kappa shape index (κ1) is 18.9. The molecule has 29 heavy (non-hydrogen) atoms. The Morgan fingerprint density at radius 1 is 1.14 bits per heavy atom. The van der Waals surface area contributed by atoms with E-state index in [1.54, 1.807) is 10.7 Å². The fourth-order valence-electron chi connectivity index (χ4n) is 3.17. The van der Waals surface area contributed by atoms with Crippen molar-refractivity contribution >= 4 is 28.5 Å². The van der Waals surface area contributed by atoms with Crippen LogP contribution in [0.2, 0.25) is 5.02 Å². The van der Waals surface area contributed by atoms with Crippen molar-refractivity contribution in [1.82, 2.24) is 24.6 Å². The summed E-state index contributed by atoms with van der Waals surface area (Å²) in [5, 5.41) is 8.06. The van der Waals surface area contributed by atoms with Gasteiger partial charge in [0.15, 0.2) is 5.65 Å². The van der Waals surface area contributed by atoms with Crippen molar-refractivity contribution < 1.29 is 4.79 Å². The molecule has 1 N–H and O–H groups in total. The minimum Gasteiger partial charge on any atom is -0.348 e. The molecule has 2 aromatic carbocycles. The van der Waals surface area contributed by atoms with E-state index < -0.39 is 0 Å². The maximum atomic E-state index is 12.8. The third kappa shape index (κ3) is 3.77. The molecule has 2 heterocycles. The molecule has 0 bridgehead atoms. The van der Waals surface area contributed by atoms with Crippen LogP contribution in [0.25, 0.3) is 16.7 Å². The molecule has 0 fully saturated rings. The fraction of sp³-hybridized carbons (Fsp3) is 0.143. The maximum Gasteiger partial charge on any atom is 0.264 e. The molecule has 0 aliphatic rings. The van der Waals surface area contributed by atoms with Crippen molar-refractivity contribution in [3.8, 4) is 5.69 Å². The molecule has 0 aliphatic heterocycles. The maximum absolute atomic E-state index is 12.8. The molecule has 7 nitrogen and oxygen atoms in total. The molecule has 4 rings (SSSR count). The average Bonchev–Trinajstić information content (AvgIpc) is 3.16. The number of aromatic nitrogens is 4. The van der Waals surface area contributed by atoms with Crippen molar-refractivity contribution in [2.45, 2.75) is 19.5 Å². The number of fused-ring (bicyclic) bond motifs is 1. The van der Waals surface area contributed by atoms with Gasteiger partial charge in [-0.25, -0.2) is 9.67 Å². The summed E-state index contributed by atoms with van der Waals surface area (Å²) in [6.07, 6.45) is 2.84. The predicted molar refractivity (Wildman–Crippen MR) is 111 cm³/mol. The topological polar surface area (TPSA) is 81.8 Å². The van der Waals surface area contributed by atoms with Crippen LogP contribution in [0.5, 0.6) is 0 Å². The van der Waals surface area contributed by atoms with Crippen molar-refractivity contribution in [2.24, 2.45) is 0 Å². The number of halogens is 1. The average molecular weight is 408 g/mol. The summed E-state index contributed by atoms with van der Waals surface area (Å²) >= 11 is 6.18. The van der Waals surface area contributed by atoms with Gasteiger partial charge in [-0.2, -0.15) is 5.10 Å². The molecule has 0 radical (unpaired) electrons. The second kappa shape index (κ2) is 7.89. The molecular weight excluding hydrogens is 390 g/mol. The first-order valence-corrected chi connectivity index (χ1v) is 9.45. The number of para-hydroxylation sites is 1. The largest absolute Gasteiger partial charge is 0.348 e. The van der Waals surface area contributed by atoms with Crippen molar-refractivity contribution in [3.63, 3.8) is 0 Å². The number of nitrogens with one attached hydrogen (secondary N) is 1. The zero-order valence-electron chi connectivity index (χ0n) is 15.6. The molecule has 8 heteroatoms. The Bertz CT molecular complexity index is 1230. The number of rotatable bonds is 5. The number of benzene rings is 2. The minimum absolute atomic E-state index is 0.146. The molecule has 0 aliphatic carbocycles. The number of carbonyl (C=O) groups excluding carboxylic acids is 1. The summed E-state index contributed by atoms with van der Waals surface area (Å²) in [6, 6.07) is 16.4. The Morgan fingerprint density at radius 3 is 2.62 bits per heavy atom. The van der Waals surface area contributed by atoms with Gasteiger partial charge in [0, 0.05) is 5.02 Å². The van der Waals surface area contributed by atoms with Gasteiger partial charge in [0.05, 0.1) is 17.9 Å². The summed E-state index contributed by atoms with van der Waals surface area (Å²) in [4.78, 5) is 29.6. The van der Waals surface area contributed by atoms with E-state index in [4.69, 9.17) is 11.6 Å². The van der Waals surface area contributed by atoms with Crippen LogP contribution in [0.3, 0.4) is 0 Å². The lowest BCUT2D eigenvalue weighted by molar-refractivity contribution is -0.122. The molecule has 0 saturated heterocycles. The van der Waals surface area contributed by atoms with Crippen LogP contribution < -0.4 is 10.9 Å². The summed E-state index contributed by atoms with van der Waals surface area (Å²) in [7, 11) is 0. The Morgan fingerprint density at radius 2 is 1.86 bits per heavy atom. The molecular formula is C21H18ClN5O2. The van der Waals surface area contributed by atoms with Gasteiger partial charge in [0.1, 0.15) is 18.3 Å². The summed E-state index contributed by atoms with van der Waals surface area (Å²) < 4.78 is 2.87. The van der Waals surface area contributed by atoms with E-state index in [2.05, 4.69) is 15.4 Å². The first-order valence-electron chi connectivity index (χ1n) is 9.07. The van der Waals surface area contributed by atoms with Gasteiger partial charge in [-0.15, -0.1) is 0 Å². The molecule has 1 atom stereocenters. The van der Waals surface area contributed by atoms with Crippen LogP contribution in [-0.2, 0) is 11.3 Å². The lowest BCUT2D eigenvalue weighted by Crippen LogP contribution is -2.34. The van der Waals surface area contributed by atoms with E-state index >= 15 is 0 Å². The lowest BCUT2D eigenvalue weighted by Gasteiger charge is -2.16. The number of hydrogen-bond acceptors (Lipinski definition) is 4. The molecule has 0 spiro atoms. The molecule has 4 aromatic rings. The smallest absolute Gasteiger partial charge is 0.264 e. The second-order valence-corrected chi connectivity index (χ2v) is 7.02. The second-order valence-electron chi connectivity index (χ2n) is 6.62. The highest BCUT2D eigenvalue weighted by Crippen LogP contribution is 2.22. The van der Waals surface area contributed by atoms with E-state index in [9.17, 15) is 9.59 Å². The van der Waals surface area contributed by atoms with Crippen molar-refractivity contribution in [3.05, 3.63) is 88.1 Å². The zero-order valence-corrected chi connectivity index (χ0v) is 16.4. The lowest BCUT2D eigenvalue weighted by atomic mass is 10.1. The van der Waals surface area contributed by atoms with E-state index in [0.717, 1.165) is 11.3 Å². The van der Waals surface area contributed by atoms with Gasteiger partial charge in [0.2, 0.25) is 5.91 Å². The Hall–Kier alpha value is -3.45. The highest BCUT2D eigenvalue weighted by molar-refractivity contribution is 6.31. The van der Waals surface area contributed by atoms with Crippen molar-refractivity contribution in [1.29, 1.82) is 0 Å². The predicted octanol–water partition coefficient (Wildman–Crippen LogP) is 3.11. The summed E-state index contributed by atoms with van der Waals surface area (Å²) in [6.45, 7) is 1.69. The molecule has 0 saturated carbocycles. The van der Waals surface area contributed by atoms with E-state index in [1.165, 1.54) is 17.1 Å². The van der Waals surface area contributed by atoms with Crippen LogP contribution in [-0.4, -0.2) is 25.2 Å². The van der Waals surface area contributed by atoms with Gasteiger partial charge in [-0.3, -0.25) is 14.2 Å². The summed E-state index contributed by atoms with van der Waals surface area (Å²) in [5.41, 5.74) is 1.74. The monoisotopic (exact) mass is 407 g/mol. The van der Waals surface area contributed by atoms with Gasteiger partial charge in [-0.1, -0.05) is 48.0 Å². The normalized spacial score (nSPS) is 12.1. The molecule has 146 valence electrons. The summed E-state index contributed by atoms with van der Waals surface area (Å²) in [5.74, 6) is -0.309. The number of nitrogens with zero attached hydrogens (tertiary/aromatic N) is 4. The quantitative estimate of drug-likeness (QED) is 0.551. The van der Waals surface area contributed by atoms with E-state index in [1.807, 2.05) is 55.5 Å². The Balaban J connectivity index is 1.56. The van der Waals surface area contributed by atoms with Crippen LogP contribution in [0.1, 0.15) is 18.5 Å². The van der Waals surface area contributed by atoms with Crippen LogP contribution >= 0.6 is 11.6 Å². The Kier molecular flexibility index (Phi) is 5.14. The molecule has 2 aromatic heterocycles. The van der Waals surface area contributed by atoms with Gasteiger partial charge < -0.3 is 5.32 Å². The first-order chi connectivity index (χ1) is 14.0. The third-order valence-electron chi connectivity index (χ3n) is 4.62. The number of carbonyl (C=O) groups is 1. The Labute approximate surface area is 171 Å². The minimum atomic E-state index is -0.322. The van der Waals surface area contributed by atoms with E-state index in [0.29, 0.717) is 16.1 Å². The molecule has 1 amide bonds. The standard InChI is InChI=1S/C21H18ClN5O2/c1-14(16-9-5-6-10-18(16)22)25-19(28)12-26-13-23-20-17(21(26)29)11-24-27(20)15-7-3-2-4-8-15/h2-11,13-14H,12H2,1H3,(H,25,28)/t14-/m0/s1. The van der Waals surface area contributed by atoms with Gasteiger partial charge >= 0.3 is 0 Å². The SMILES string of the molecule is C[C@H](NC(=O)Cn1cnc2c(cnn2-c2ccccc2)c1=O)c1ccccc1Cl. The zero-order chi connectivity index (χ0) is 20.4. The highest BCUT2D eigenvalue weighted by Gasteiger charge is 2.15. The van der Waals surface area contributed by atoms with Crippen molar-refractivity contribution in [2.75, 3.05) is 0 Å². The highest BCUT2D eigenvalue weighted by atomic mass is 35.5. The van der Waals surface area contributed by atoms with Gasteiger partial charge in [0.25, 0.3) is 5.56 Å². The van der Waals surface area contributed by atoms with Crippen LogP contribution in [0.15, 0.2) is 71.9 Å². The van der Waals surface area contributed by atoms with E-state index in [-0.39, 0.29) is 24.1 Å². The fourth-order valence-corrected chi connectivity index (χ4v) is 3.46. The number of hydrogen-bond donors (Lipinski definition) is 1. The molecule has 0 unspecified atom stereocenters. The van der Waals surface area contributed by atoms with Crippen LogP contribution in [0, 0.1) is 0 Å².